The first-order chi connectivity index (χ1) is 18.5. The number of aryl methyl sites for hydroxylation is 1. The molecule has 3 aromatic carbocycles. The molecular formula is C30H26FN5O2. The molecule has 0 aliphatic carbocycles. The largest absolute Gasteiger partial charge is 0.495 e. The molecule has 5 aromatic rings. The maximum Gasteiger partial charge on any atom is 0.323 e. The number of methoxy groups -OCH3 is 1. The number of hydrogen-bond acceptors (Lipinski definition) is 3. The third kappa shape index (κ3) is 4.00. The Hall–Kier alpha value is -4.85. The molecule has 2 aromatic heterocycles. The lowest BCUT2D eigenvalue weighted by atomic mass is 10.0. The van der Waals surface area contributed by atoms with Crippen molar-refractivity contribution in [2.75, 3.05) is 12.4 Å². The molecule has 0 saturated carbocycles. The van der Waals surface area contributed by atoms with Gasteiger partial charge in [0.15, 0.2) is 0 Å². The fourth-order valence-electron chi connectivity index (χ4n) is 5.08. The summed E-state index contributed by atoms with van der Waals surface area (Å²) in [5, 5.41) is 7.90. The predicted molar refractivity (Wildman–Crippen MR) is 143 cm³/mol. The van der Waals surface area contributed by atoms with Gasteiger partial charge in [-0.15, -0.1) is 0 Å². The molecule has 7 nitrogen and oxygen atoms in total. The molecule has 3 heterocycles. The van der Waals surface area contributed by atoms with Gasteiger partial charge in [0.1, 0.15) is 17.4 Å². The number of ether oxygens (including phenoxy) is 1. The zero-order chi connectivity index (χ0) is 26.2. The number of hydrogen-bond donors (Lipinski definition) is 1. The summed E-state index contributed by atoms with van der Waals surface area (Å²) in [7, 11) is 1.57. The average Bonchev–Trinajstić information content (AvgIpc) is 3.50. The SMILES string of the molecule is COc1ccccc1NC(=O)N1Cc2c(C)nn(-c3ccccc3)c2-n2cccc2C1c1ccc(F)cc1. The van der Waals surface area contributed by atoms with E-state index in [1.807, 2.05) is 72.4 Å². The number of anilines is 1. The van der Waals surface area contributed by atoms with E-state index < -0.39 is 6.04 Å². The number of halogens is 1. The van der Waals surface area contributed by atoms with Crippen molar-refractivity contribution in [2.24, 2.45) is 0 Å². The average molecular weight is 508 g/mol. The topological polar surface area (TPSA) is 64.3 Å². The minimum absolute atomic E-state index is 0.290. The highest BCUT2D eigenvalue weighted by Crippen LogP contribution is 2.39. The van der Waals surface area contributed by atoms with Crippen LogP contribution in [0.25, 0.3) is 11.5 Å². The highest BCUT2D eigenvalue weighted by molar-refractivity contribution is 5.91. The molecule has 0 fully saturated rings. The van der Waals surface area contributed by atoms with Gasteiger partial charge in [0.05, 0.1) is 42.5 Å². The molecule has 1 atom stereocenters. The van der Waals surface area contributed by atoms with Crippen LogP contribution < -0.4 is 10.1 Å². The molecule has 6 rings (SSSR count). The molecule has 1 N–H and O–H groups in total. The fraction of sp³-hybridized carbons (Fsp3) is 0.133. The molecule has 0 bridgehead atoms. The van der Waals surface area contributed by atoms with Crippen LogP contribution in [0.1, 0.15) is 28.6 Å². The number of amides is 2. The van der Waals surface area contributed by atoms with E-state index in [2.05, 4.69) is 9.88 Å². The maximum atomic E-state index is 14.0. The van der Waals surface area contributed by atoms with Crippen LogP contribution in [0, 0.1) is 12.7 Å². The molecule has 0 radical (unpaired) electrons. The van der Waals surface area contributed by atoms with Crippen molar-refractivity contribution in [3.63, 3.8) is 0 Å². The molecule has 1 aliphatic heterocycles. The summed E-state index contributed by atoms with van der Waals surface area (Å²) in [4.78, 5) is 15.8. The Balaban J connectivity index is 1.53. The van der Waals surface area contributed by atoms with Crippen LogP contribution in [0.3, 0.4) is 0 Å². The van der Waals surface area contributed by atoms with E-state index in [0.29, 0.717) is 18.0 Å². The standard InChI is InChI=1S/C30H26FN5O2/c1-20-24-19-35(30(37)32-25-11-6-7-13-27(25)38-2)28(21-14-16-22(31)17-15-21)26-12-8-18-34(26)29(24)36(33-20)23-9-4-3-5-10-23/h3-18,28H,19H2,1-2H3,(H,32,37). The maximum absolute atomic E-state index is 14.0. The molecule has 2 amide bonds. The minimum atomic E-state index is -0.490. The second kappa shape index (κ2) is 9.55. The van der Waals surface area contributed by atoms with E-state index in [0.717, 1.165) is 34.0 Å². The van der Waals surface area contributed by atoms with Crippen molar-refractivity contribution in [3.05, 3.63) is 126 Å². The monoisotopic (exact) mass is 507 g/mol. The summed E-state index contributed by atoms with van der Waals surface area (Å²) in [6.07, 6.45) is 1.98. The van der Waals surface area contributed by atoms with Gasteiger partial charge >= 0.3 is 6.03 Å². The Labute approximate surface area is 219 Å². The summed E-state index contributed by atoms with van der Waals surface area (Å²) in [6.45, 7) is 2.24. The van der Waals surface area contributed by atoms with Crippen LogP contribution in [0.15, 0.2) is 97.2 Å². The van der Waals surface area contributed by atoms with Gasteiger partial charge in [0, 0.05) is 11.8 Å². The van der Waals surface area contributed by atoms with Crippen molar-refractivity contribution in [2.45, 2.75) is 19.5 Å². The van der Waals surface area contributed by atoms with Gasteiger partial charge in [-0.2, -0.15) is 5.10 Å². The normalized spacial score (nSPS) is 14.4. The minimum Gasteiger partial charge on any atom is -0.495 e. The summed E-state index contributed by atoms with van der Waals surface area (Å²) in [5.74, 6) is 1.10. The lowest BCUT2D eigenvalue weighted by Gasteiger charge is -2.31. The van der Waals surface area contributed by atoms with E-state index in [-0.39, 0.29) is 11.8 Å². The van der Waals surface area contributed by atoms with Crippen LogP contribution >= 0.6 is 0 Å². The van der Waals surface area contributed by atoms with E-state index in [1.165, 1.54) is 12.1 Å². The molecule has 38 heavy (non-hydrogen) atoms. The lowest BCUT2D eigenvalue weighted by molar-refractivity contribution is 0.194. The van der Waals surface area contributed by atoms with E-state index >= 15 is 0 Å². The van der Waals surface area contributed by atoms with Crippen LogP contribution in [0.2, 0.25) is 0 Å². The summed E-state index contributed by atoms with van der Waals surface area (Å²) in [6, 6.07) is 26.7. The second-order valence-electron chi connectivity index (χ2n) is 9.15. The number of urea groups is 1. The van der Waals surface area contributed by atoms with Crippen molar-refractivity contribution in [3.8, 4) is 17.3 Å². The van der Waals surface area contributed by atoms with Gasteiger partial charge in [-0.3, -0.25) is 0 Å². The molecule has 1 aliphatic rings. The molecule has 0 saturated heterocycles. The summed E-state index contributed by atoms with van der Waals surface area (Å²) in [5.41, 5.74) is 4.88. The number of benzene rings is 3. The highest BCUT2D eigenvalue weighted by Gasteiger charge is 2.36. The van der Waals surface area contributed by atoms with Gasteiger partial charge in [-0.05, 0) is 61.0 Å². The van der Waals surface area contributed by atoms with Crippen LogP contribution in [0.4, 0.5) is 14.9 Å². The van der Waals surface area contributed by atoms with Crippen LogP contribution in [-0.4, -0.2) is 32.4 Å². The lowest BCUT2D eigenvalue weighted by Crippen LogP contribution is -2.38. The molecule has 190 valence electrons. The number of nitrogens with zero attached hydrogens (tertiary/aromatic N) is 4. The Morgan fingerprint density at radius 2 is 1.71 bits per heavy atom. The van der Waals surface area contributed by atoms with Crippen molar-refractivity contribution < 1.29 is 13.9 Å². The number of aromatic nitrogens is 3. The third-order valence-electron chi connectivity index (χ3n) is 6.88. The number of nitrogens with one attached hydrogen (secondary N) is 1. The third-order valence-corrected chi connectivity index (χ3v) is 6.88. The Morgan fingerprint density at radius 3 is 2.47 bits per heavy atom. The van der Waals surface area contributed by atoms with Gasteiger partial charge in [-0.25, -0.2) is 13.9 Å². The zero-order valence-electron chi connectivity index (χ0n) is 21.0. The van der Waals surface area contributed by atoms with Gasteiger partial charge in [-0.1, -0.05) is 42.5 Å². The number of carbonyl (C=O) groups is 1. The molecule has 0 spiro atoms. The molecule has 8 heteroatoms. The first-order valence-electron chi connectivity index (χ1n) is 12.3. The van der Waals surface area contributed by atoms with E-state index in [4.69, 9.17) is 9.84 Å². The van der Waals surface area contributed by atoms with E-state index in [9.17, 15) is 9.18 Å². The summed E-state index contributed by atoms with van der Waals surface area (Å²) >= 11 is 0. The van der Waals surface area contributed by atoms with Crippen molar-refractivity contribution in [1.29, 1.82) is 0 Å². The second-order valence-corrected chi connectivity index (χ2v) is 9.15. The number of carbonyl (C=O) groups excluding carboxylic acids is 1. The van der Waals surface area contributed by atoms with Gasteiger partial charge < -0.3 is 19.5 Å². The Bertz CT molecular complexity index is 1610. The van der Waals surface area contributed by atoms with E-state index in [1.54, 1.807) is 36.3 Å². The van der Waals surface area contributed by atoms with Crippen molar-refractivity contribution in [1.82, 2.24) is 19.2 Å². The van der Waals surface area contributed by atoms with Gasteiger partial charge in [0.25, 0.3) is 0 Å². The van der Waals surface area contributed by atoms with Crippen LogP contribution in [0.5, 0.6) is 5.75 Å². The molecule has 1 unspecified atom stereocenters. The highest BCUT2D eigenvalue weighted by atomic mass is 19.1. The van der Waals surface area contributed by atoms with Crippen molar-refractivity contribution >= 4 is 11.7 Å². The Kier molecular flexibility index (Phi) is 5.92. The summed E-state index contributed by atoms with van der Waals surface area (Å²) < 4.78 is 23.4. The number of fused-ring (bicyclic) bond motifs is 3. The van der Waals surface area contributed by atoms with Gasteiger partial charge in [0.2, 0.25) is 0 Å². The quantitative estimate of drug-likeness (QED) is 0.312. The predicted octanol–water partition coefficient (Wildman–Crippen LogP) is 6.26. The smallest absolute Gasteiger partial charge is 0.323 e. The molecular weight excluding hydrogens is 481 g/mol. The fourth-order valence-corrected chi connectivity index (χ4v) is 5.08. The van der Waals surface area contributed by atoms with Crippen LogP contribution in [-0.2, 0) is 6.54 Å². The Morgan fingerprint density at radius 1 is 0.974 bits per heavy atom. The number of para-hydroxylation sites is 3. The zero-order valence-corrected chi connectivity index (χ0v) is 21.0. The first-order valence-corrected chi connectivity index (χ1v) is 12.3. The number of rotatable bonds is 4. The first kappa shape index (κ1) is 23.5.